The van der Waals surface area contributed by atoms with Crippen molar-refractivity contribution in [3.05, 3.63) is 53.2 Å². The van der Waals surface area contributed by atoms with Crippen molar-refractivity contribution in [1.29, 1.82) is 5.26 Å². The minimum atomic E-state index is -0.672. The van der Waals surface area contributed by atoms with Crippen molar-refractivity contribution in [3.63, 3.8) is 0 Å². The molecule has 1 fully saturated rings. The molecule has 8 nitrogen and oxygen atoms in total. The van der Waals surface area contributed by atoms with E-state index in [0.29, 0.717) is 64.3 Å². The first-order valence-electron chi connectivity index (χ1n) is 12.0. The molecule has 4 heterocycles. The zero-order valence-electron chi connectivity index (χ0n) is 20.8. The summed E-state index contributed by atoms with van der Waals surface area (Å²) in [5.74, 6) is -0.129. The lowest BCUT2D eigenvalue weighted by atomic mass is 9.87. The average molecular weight is 535 g/mol. The van der Waals surface area contributed by atoms with Crippen molar-refractivity contribution in [3.8, 4) is 6.07 Å². The number of thioether (sulfide) groups is 1. The van der Waals surface area contributed by atoms with Gasteiger partial charge in [-0.3, -0.25) is 14.9 Å². The molecule has 5 rings (SSSR count). The van der Waals surface area contributed by atoms with Gasteiger partial charge in [0.2, 0.25) is 0 Å². The predicted octanol–water partition coefficient (Wildman–Crippen LogP) is 5.87. The summed E-state index contributed by atoms with van der Waals surface area (Å²) in [5.41, 5.74) is 0.839. The van der Waals surface area contributed by atoms with Crippen LogP contribution in [0.25, 0.3) is 10.2 Å². The van der Waals surface area contributed by atoms with E-state index in [-0.39, 0.29) is 16.4 Å². The number of nitriles is 1. The van der Waals surface area contributed by atoms with Crippen LogP contribution in [-0.2, 0) is 4.74 Å². The Morgan fingerprint density at radius 2 is 1.97 bits per heavy atom. The second-order valence-corrected chi connectivity index (χ2v) is 12.8. The summed E-state index contributed by atoms with van der Waals surface area (Å²) in [6.45, 7) is 6.33. The molecule has 3 aromatic rings. The minimum Gasteiger partial charge on any atom is -0.444 e. The average Bonchev–Trinajstić information content (AvgIpc) is 3.20. The maximum atomic E-state index is 13.8. The molecule has 1 N–H and O–H groups in total. The van der Waals surface area contributed by atoms with Gasteiger partial charge in [-0.05, 0) is 63.9 Å². The van der Waals surface area contributed by atoms with Crippen LogP contribution in [0.2, 0.25) is 0 Å². The molecule has 2 aromatic heterocycles. The number of carbonyl (C=O) groups is 3. The number of anilines is 1. The summed E-state index contributed by atoms with van der Waals surface area (Å²) in [5, 5.41) is 13.0. The highest BCUT2D eigenvalue weighted by Crippen LogP contribution is 2.49. The summed E-state index contributed by atoms with van der Waals surface area (Å²) < 4.78 is 5.13. The van der Waals surface area contributed by atoms with Gasteiger partial charge in [0.25, 0.3) is 5.91 Å². The molecule has 10 heteroatoms. The van der Waals surface area contributed by atoms with Gasteiger partial charge in [-0.15, -0.1) is 11.8 Å². The zero-order valence-corrected chi connectivity index (χ0v) is 22.4. The maximum absolute atomic E-state index is 13.8. The van der Waals surface area contributed by atoms with Gasteiger partial charge in [-0.1, -0.05) is 11.3 Å². The highest BCUT2D eigenvalue weighted by Gasteiger charge is 2.43. The number of piperidine rings is 1. The van der Waals surface area contributed by atoms with Crippen molar-refractivity contribution in [2.24, 2.45) is 0 Å². The third-order valence-electron chi connectivity index (χ3n) is 6.47. The van der Waals surface area contributed by atoms with E-state index in [1.165, 1.54) is 11.3 Å². The minimum absolute atomic E-state index is 0.0457. The summed E-state index contributed by atoms with van der Waals surface area (Å²) >= 11 is 2.93. The first kappa shape index (κ1) is 25.2. The maximum Gasteiger partial charge on any atom is 0.412 e. The fourth-order valence-corrected chi connectivity index (χ4v) is 7.24. The van der Waals surface area contributed by atoms with Gasteiger partial charge in [0.15, 0.2) is 5.78 Å². The molecule has 0 saturated carbocycles. The van der Waals surface area contributed by atoms with Crippen LogP contribution < -0.4 is 5.32 Å². The summed E-state index contributed by atoms with van der Waals surface area (Å²) in [6, 6.07) is 11.0. The van der Waals surface area contributed by atoms with Gasteiger partial charge < -0.3 is 9.64 Å². The zero-order chi connectivity index (χ0) is 26.4. The molecule has 0 unspecified atom stereocenters. The highest BCUT2D eigenvalue weighted by molar-refractivity contribution is 8.01. The lowest BCUT2D eigenvalue weighted by Crippen LogP contribution is -2.47. The Bertz CT molecular complexity index is 1460. The number of nitrogens with one attached hydrogen (secondary N) is 1. The number of fused-ring (bicyclic) bond motifs is 2. The number of likely N-dealkylation sites (tertiary alicyclic amines) is 1. The molecule has 1 aromatic carbocycles. The molecule has 2 aliphatic rings. The fraction of sp³-hybridized carbons (Fsp3) is 0.370. The normalized spacial score (nSPS) is 16.8. The van der Waals surface area contributed by atoms with Gasteiger partial charge in [0.05, 0.1) is 17.2 Å². The van der Waals surface area contributed by atoms with E-state index in [1.807, 2.05) is 12.1 Å². The Morgan fingerprint density at radius 3 is 2.68 bits per heavy atom. The molecule has 0 atom stereocenters. The van der Waals surface area contributed by atoms with Crippen LogP contribution in [0.4, 0.5) is 9.80 Å². The van der Waals surface area contributed by atoms with Crippen molar-refractivity contribution in [1.82, 2.24) is 9.88 Å². The monoisotopic (exact) mass is 534 g/mol. The molecule has 0 radical (unpaired) electrons. The molecule has 190 valence electrons. The van der Waals surface area contributed by atoms with Crippen LogP contribution in [0.15, 0.2) is 41.4 Å². The number of pyridine rings is 1. The van der Waals surface area contributed by atoms with Crippen molar-refractivity contribution in [2.45, 2.75) is 55.3 Å². The number of thiophene rings is 1. The molecule has 1 spiro atoms. The largest absolute Gasteiger partial charge is 0.444 e. The Balaban J connectivity index is 1.36. The number of nitrogens with zero attached hydrogens (tertiary/aromatic N) is 3. The van der Waals surface area contributed by atoms with Gasteiger partial charge in [0.1, 0.15) is 15.4 Å². The SMILES string of the molecule is CC(C)(C)OC(=O)Nc1sc2ncccc2c1C(=O)N1CCC2(CC1)CC(=O)c1cc(C#N)ccc1S2. The number of Topliss-reactive ketones (excluding diaryl/α,β-unsaturated/α-hetero) is 1. The van der Waals surface area contributed by atoms with Gasteiger partial charge in [-0.25, -0.2) is 9.78 Å². The standard InChI is InChI=1S/C27H26N4O4S2/c1-26(2,3)35-25(34)30-23-21(17-5-4-10-29-22(17)36-23)24(33)31-11-8-27(9-12-31)14-19(32)18-13-16(15-28)6-7-20(18)37-27/h4-7,10,13H,8-9,11-12,14H2,1-3H3,(H,30,34). The van der Waals surface area contributed by atoms with E-state index >= 15 is 0 Å². The lowest BCUT2D eigenvalue weighted by molar-refractivity contribution is 0.0636. The third-order valence-corrected chi connectivity index (χ3v) is 9.07. The molecular weight excluding hydrogens is 508 g/mol. The van der Waals surface area contributed by atoms with E-state index < -0.39 is 11.7 Å². The Morgan fingerprint density at radius 1 is 1.22 bits per heavy atom. The van der Waals surface area contributed by atoms with Crippen LogP contribution >= 0.6 is 23.1 Å². The number of amides is 2. The smallest absolute Gasteiger partial charge is 0.412 e. The lowest BCUT2D eigenvalue weighted by Gasteiger charge is -2.43. The van der Waals surface area contributed by atoms with Crippen LogP contribution in [-0.4, -0.2) is 51.1 Å². The second-order valence-electron chi connectivity index (χ2n) is 10.3. The summed E-state index contributed by atoms with van der Waals surface area (Å²) in [4.78, 5) is 47.0. The Labute approximate surface area is 223 Å². The van der Waals surface area contributed by atoms with E-state index in [2.05, 4.69) is 16.4 Å². The number of hydrogen-bond acceptors (Lipinski definition) is 8. The first-order chi connectivity index (χ1) is 17.6. The van der Waals surface area contributed by atoms with Crippen molar-refractivity contribution < 1.29 is 19.1 Å². The number of rotatable bonds is 2. The van der Waals surface area contributed by atoms with E-state index in [0.717, 1.165) is 4.90 Å². The molecule has 37 heavy (non-hydrogen) atoms. The van der Waals surface area contributed by atoms with Gasteiger partial charge >= 0.3 is 6.09 Å². The molecule has 0 bridgehead atoms. The number of hydrogen-bond donors (Lipinski definition) is 1. The highest BCUT2D eigenvalue weighted by atomic mass is 32.2. The third kappa shape index (κ3) is 5.06. The number of ether oxygens (including phenoxy) is 1. The topological polar surface area (TPSA) is 112 Å². The van der Waals surface area contributed by atoms with Crippen LogP contribution in [0.5, 0.6) is 0 Å². The molecule has 1 saturated heterocycles. The second kappa shape index (κ2) is 9.47. The molecule has 2 amide bonds. The number of carbonyl (C=O) groups excluding carboxylic acids is 3. The van der Waals surface area contributed by atoms with E-state index in [1.54, 1.807) is 61.8 Å². The predicted molar refractivity (Wildman–Crippen MR) is 143 cm³/mol. The van der Waals surface area contributed by atoms with Crippen molar-refractivity contribution >= 4 is 56.1 Å². The van der Waals surface area contributed by atoms with Crippen LogP contribution in [0, 0.1) is 11.3 Å². The van der Waals surface area contributed by atoms with Crippen LogP contribution in [0.1, 0.15) is 66.3 Å². The molecule has 2 aliphatic heterocycles. The fourth-order valence-electron chi connectivity index (χ4n) is 4.75. The number of ketones is 1. The molecule has 0 aliphatic carbocycles. The van der Waals surface area contributed by atoms with E-state index in [4.69, 9.17) is 4.74 Å². The number of aromatic nitrogens is 1. The number of benzene rings is 1. The van der Waals surface area contributed by atoms with Gasteiger partial charge in [0, 0.05) is 46.3 Å². The van der Waals surface area contributed by atoms with Crippen LogP contribution in [0.3, 0.4) is 0 Å². The van der Waals surface area contributed by atoms with Crippen molar-refractivity contribution in [2.75, 3.05) is 18.4 Å². The van der Waals surface area contributed by atoms with E-state index in [9.17, 15) is 19.6 Å². The summed E-state index contributed by atoms with van der Waals surface area (Å²) in [6.07, 6.45) is 2.76. The quantitative estimate of drug-likeness (QED) is 0.438. The van der Waals surface area contributed by atoms with Gasteiger partial charge in [-0.2, -0.15) is 5.26 Å². The summed E-state index contributed by atoms with van der Waals surface area (Å²) in [7, 11) is 0. The Kier molecular flexibility index (Phi) is 6.46. The Hall–Kier alpha value is -3.42. The molecular formula is C27H26N4O4S2. The first-order valence-corrected chi connectivity index (χ1v) is 13.6.